The predicted molar refractivity (Wildman–Crippen MR) is 73.6 cm³/mol. The van der Waals surface area contributed by atoms with E-state index in [4.69, 9.17) is 4.74 Å². The monoisotopic (exact) mass is 275 g/mol. The Bertz CT molecular complexity index is 539. The highest BCUT2D eigenvalue weighted by Gasteiger charge is 2.23. The van der Waals surface area contributed by atoms with Gasteiger partial charge in [0.1, 0.15) is 5.75 Å². The van der Waals surface area contributed by atoms with Crippen LogP contribution < -0.4 is 10.1 Å². The number of benzene rings is 1. The van der Waals surface area contributed by atoms with Gasteiger partial charge in [0, 0.05) is 12.8 Å². The van der Waals surface area contributed by atoms with Crippen LogP contribution in [0.5, 0.6) is 5.75 Å². The van der Waals surface area contributed by atoms with Crippen molar-refractivity contribution in [2.45, 2.75) is 25.3 Å². The molecule has 1 aromatic rings. The molecule has 1 aliphatic heterocycles. The molecule has 1 atom stereocenters. The van der Waals surface area contributed by atoms with E-state index in [1.54, 1.807) is 24.3 Å². The first-order valence-electron chi connectivity index (χ1n) is 6.50. The lowest BCUT2D eigenvalue weighted by Gasteiger charge is -2.15. The Morgan fingerprint density at radius 2 is 2.30 bits per heavy atom. The van der Waals surface area contributed by atoms with E-state index in [0.29, 0.717) is 18.6 Å². The van der Waals surface area contributed by atoms with Crippen molar-refractivity contribution in [3.8, 4) is 5.75 Å². The van der Waals surface area contributed by atoms with Gasteiger partial charge in [-0.1, -0.05) is 12.1 Å². The van der Waals surface area contributed by atoms with Gasteiger partial charge in [-0.15, -0.1) is 6.58 Å². The van der Waals surface area contributed by atoms with Crippen LogP contribution in [0.1, 0.15) is 30.0 Å². The second-order valence-corrected chi connectivity index (χ2v) is 4.63. The fraction of sp³-hybridized carbons (Fsp3) is 0.333. The zero-order valence-electron chi connectivity index (χ0n) is 11.1. The van der Waals surface area contributed by atoms with Crippen LogP contribution in [0.4, 0.5) is 0 Å². The number of carboxylic acid groups (broad SMARTS) is 1. The maximum Gasteiger partial charge on any atom is 0.330 e. The lowest BCUT2D eigenvalue weighted by Crippen LogP contribution is -2.33. The zero-order chi connectivity index (χ0) is 14.5. The molecule has 1 aromatic carbocycles. The molecule has 5 heteroatoms. The summed E-state index contributed by atoms with van der Waals surface area (Å²) in [5.74, 6) is -0.583. The quantitative estimate of drug-likeness (QED) is 0.777. The van der Waals surface area contributed by atoms with Crippen molar-refractivity contribution in [3.63, 3.8) is 0 Å². The van der Waals surface area contributed by atoms with Gasteiger partial charge >= 0.3 is 5.97 Å². The van der Waals surface area contributed by atoms with Crippen LogP contribution in [0, 0.1) is 0 Å². The number of carbonyl (C=O) groups excluding carboxylic acids is 1. The molecule has 1 unspecified atom stereocenters. The smallest absolute Gasteiger partial charge is 0.330 e. The van der Waals surface area contributed by atoms with E-state index >= 15 is 0 Å². The molecule has 0 aromatic heterocycles. The maximum absolute atomic E-state index is 11.7. The van der Waals surface area contributed by atoms with E-state index in [0.717, 1.165) is 17.7 Å². The molecule has 2 rings (SSSR count). The Hall–Kier alpha value is -2.30. The van der Waals surface area contributed by atoms with Crippen LogP contribution in [0.25, 0.3) is 0 Å². The number of fused-ring (bicyclic) bond motifs is 1. The van der Waals surface area contributed by atoms with Gasteiger partial charge in [0.2, 0.25) is 5.91 Å². The highest BCUT2D eigenvalue weighted by molar-refractivity contribution is 5.84. The van der Waals surface area contributed by atoms with Gasteiger partial charge in [0.05, 0.1) is 6.61 Å². The fourth-order valence-electron chi connectivity index (χ4n) is 2.14. The maximum atomic E-state index is 11.7. The third kappa shape index (κ3) is 3.17. The SMILES string of the molecule is C=CCCC(=O)NC(C(=O)O)c1ccc2c(c1)CCO2. The van der Waals surface area contributed by atoms with Gasteiger partial charge in [0.15, 0.2) is 6.04 Å². The highest BCUT2D eigenvalue weighted by Crippen LogP contribution is 2.28. The predicted octanol–water partition coefficient (Wildman–Crippen LogP) is 1.83. The number of hydrogen-bond acceptors (Lipinski definition) is 3. The molecule has 1 heterocycles. The minimum absolute atomic E-state index is 0.237. The minimum atomic E-state index is -1.07. The lowest BCUT2D eigenvalue weighted by molar-refractivity contribution is -0.142. The summed E-state index contributed by atoms with van der Waals surface area (Å²) in [7, 11) is 0. The number of carbonyl (C=O) groups is 2. The Kier molecular flexibility index (Phi) is 4.40. The van der Waals surface area contributed by atoms with Gasteiger partial charge in [-0.25, -0.2) is 4.79 Å². The average molecular weight is 275 g/mol. The van der Waals surface area contributed by atoms with E-state index in [2.05, 4.69) is 11.9 Å². The van der Waals surface area contributed by atoms with E-state index in [-0.39, 0.29) is 12.3 Å². The van der Waals surface area contributed by atoms with E-state index in [1.165, 1.54) is 0 Å². The number of aliphatic carboxylic acids is 1. The van der Waals surface area contributed by atoms with Crippen molar-refractivity contribution in [1.82, 2.24) is 5.32 Å². The first-order chi connectivity index (χ1) is 9.61. The van der Waals surface area contributed by atoms with Crippen molar-refractivity contribution >= 4 is 11.9 Å². The van der Waals surface area contributed by atoms with Crippen LogP contribution in [0.2, 0.25) is 0 Å². The van der Waals surface area contributed by atoms with Crippen molar-refractivity contribution in [2.24, 2.45) is 0 Å². The summed E-state index contributed by atoms with van der Waals surface area (Å²) in [5, 5.41) is 11.8. The van der Waals surface area contributed by atoms with E-state index < -0.39 is 12.0 Å². The molecule has 5 nitrogen and oxygen atoms in total. The van der Waals surface area contributed by atoms with Gasteiger partial charge in [-0.2, -0.15) is 0 Å². The normalized spacial score (nSPS) is 14.0. The summed E-state index contributed by atoms with van der Waals surface area (Å²) in [6, 6.07) is 4.19. The molecule has 2 N–H and O–H groups in total. The minimum Gasteiger partial charge on any atom is -0.493 e. The molecular weight excluding hydrogens is 258 g/mol. The summed E-state index contributed by atoms with van der Waals surface area (Å²) < 4.78 is 5.38. The van der Waals surface area contributed by atoms with Gasteiger partial charge in [0.25, 0.3) is 0 Å². The third-order valence-corrected chi connectivity index (χ3v) is 3.17. The number of ether oxygens (including phenoxy) is 1. The zero-order valence-corrected chi connectivity index (χ0v) is 11.1. The van der Waals surface area contributed by atoms with Gasteiger partial charge < -0.3 is 15.2 Å². The number of rotatable bonds is 6. The molecule has 1 aliphatic rings. The molecular formula is C15H17NO4. The lowest BCUT2D eigenvalue weighted by atomic mass is 10.0. The molecule has 0 saturated heterocycles. The standard InChI is InChI=1S/C15H17NO4/c1-2-3-4-13(17)16-14(15(18)19)11-5-6-12-10(9-11)7-8-20-12/h2,5-6,9,14H,1,3-4,7-8H2,(H,16,17)(H,18,19). The molecule has 20 heavy (non-hydrogen) atoms. The number of hydrogen-bond donors (Lipinski definition) is 2. The second kappa shape index (κ2) is 6.23. The van der Waals surface area contributed by atoms with Gasteiger partial charge in [-0.05, 0) is 29.7 Å². The van der Waals surface area contributed by atoms with Crippen LogP contribution >= 0.6 is 0 Å². The van der Waals surface area contributed by atoms with Crippen LogP contribution in [-0.2, 0) is 16.0 Å². The first kappa shape index (κ1) is 14.1. The summed E-state index contributed by atoms with van der Waals surface area (Å²) in [6.07, 6.45) is 3.15. The number of carboxylic acids is 1. The third-order valence-electron chi connectivity index (χ3n) is 3.17. The molecule has 0 spiro atoms. The average Bonchev–Trinajstić information content (AvgIpc) is 2.89. The molecule has 0 saturated carbocycles. The Balaban J connectivity index is 2.14. The Morgan fingerprint density at radius 3 is 3.00 bits per heavy atom. The summed E-state index contributed by atoms with van der Waals surface area (Å²) in [4.78, 5) is 23.0. The van der Waals surface area contributed by atoms with Crippen molar-refractivity contribution in [1.29, 1.82) is 0 Å². The van der Waals surface area contributed by atoms with Crippen LogP contribution in [0.3, 0.4) is 0 Å². The molecule has 1 amide bonds. The van der Waals surface area contributed by atoms with Crippen molar-refractivity contribution in [3.05, 3.63) is 42.0 Å². The highest BCUT2D eigenvalue weighted by atomic mass is 16.5. The molecule has 0 aliphatic carbocycles. The van der Waals surface area contributed by atoms with Gasteiger partial charge in [-0.3, -0.25) is 4.79 Å². The second-order valence-electron chi connectivity index (χ2n) is 4.63. The van der Waals surface area contributed by atoms with Crippen molar-refractivity contribution < 1.29 is 19.4 Å². The molecule has 106 valence electrons. The first-order valence-corrected chi connectivity index (χ1v) is 6.50. The van der Waals surface area contributed by atoms with E-state index in [1.807, 2.05) is 0 Å². The number of nitrogens with one attached hydrogen (secondary N) is 1. The Labute approximate surface area is 117 Å². The molecule has 0 bridgehead atoms. The van der Waals surface area contributed by atoms with E-state index in [9.17, 15) is 14.7 Å². The van der Waals surface area contributed by atoms with Crippen molar-refractivity contribution in [2.75, 3.05) is 6.61 Å². The Morgan fingerprint density at radius 1 is 1.50 bits per heavy atom. The summed E-state index contributed by atoms with van der Waals surface area (Å²) >= 11 is 0. The van der Waals surface area contributed by atoms with Crippen LogP contribution in [0.15, 0.2) is 30.9 Å². The molecule has 0 fully saturated rings. The topological polar surface area (TPSA) is 75.6 Å². The summed E-state index contributed by atoms with van der Waals surface area (Å²) in [6.45, 7) is 4.15. The number of amides is 1. The fourth-order valence-corrected chi connectivity index (χ4v) is 2.14. The molecule has 0 radical (unpaired) electrons. The van der Waals surface area contributed by atoms with Crippen LogP contribution in [-0.4, -0.2) is 23.6 Å². The number of allylic oxidation sites excluding steroid dienone is 1. The summed E-state index contributed by atoms with van der Waals surface area (Å²) in [5.41, 5.74) is 1.54. The largest absolute Gasteiger partial charge is 0.493 e.